The lowest BCUT2D eigenvalue weighted by Crippen LogP contribution is -2.41. The Morgan fingerprint density at radius 3 is 2.85 bits per heavy atom. The molecule has 2 aromatic rings. The summed E-state index contributed by atoms with van der Waals surface area (Å²) in [6.07, 6.45) is 4.26. The van der Waals surface area contributed by atoms with Gasteiger partial charge in [0.05, 0.1) is 11.7 Å². The number of rotatable bonds is 7. The topological polar surface area (TPSA) is 80.5 Å². The number of nitrogens with zero attached hydrogens (tertiary/aromatic N) is 2. The minimum Gasteiger partial charge on any atom is -0.378 e. The third kappa shape index (κ3) is 5.24. The van der Waals surface area contributed by atoms with Crippen LogP contribution in [0.2, 0.25) is 0 Å². The van der Waals surface area contributed by atoms with Gasteiger partial charge in [0.2, 0.25) is 0 Å². The molecule has 7 heteroatoms. The van der Waals surface area contributed by atoms with E-state index in [1.165, 1.54) is 12.1 Å². The van der Waals surface area contributed by atoms with Crippen LogP contribution in [-0.2, 0) is 4.74 Å². The summed E-state index contributed by atoms with van der Waals surface area (Å²) < 4.78 is 19.2. The van der Waals surface area contributed by atoms with Crippen molar-refractivity contribution in [1.29, 1.82) is 0 Å². The van der Waals surface area contributed by atoms with Gasteiger partial charge in [-0.15, -0.1) is 0 Å². The minimum atomic E-state index is -0.347. The summed E-state index contributed by atoms with van der Waals surface area (Å²) in [4.78, 5) is 19.0. The van der Waals surface area contributed by atoms with Crippen LogP contribution in [0.4, 0.5) is 15.9 Å². The van der Waals surface area contributed by atoms with Crippen molar-refractivity contribution in [3.05, 3.63) is 54.0 Å². The second-order valence-electron chi connectivity index (χ2n) is 6.54. The number of benzene rings is 1. The number of carbonyl (C=O) groups is 1. The zero-order valence-electron chi connectivity index (χ0n) is 15.2. The van der Waals surface area contributed by atoms with E-state index in [0.29, 0.717) is 43.3 Å². The average molecular weight is 372 g/mol. The van der Waals surface area contributed by atoms with Crippen LogP contribution in [0, 0.1) is 5.82 Å². The van der Waals surface area contributed by atoms with Gasteiger partial charge in [0.25, 0.3) is 5.91 Å². The monoisotopic (exact) mass is 372 g/mol. The van der Waals surface area contributed by atoms with Gasteiger partial charge in [-0.2, -0.15) is 0 Å². The van der Waals surface area contributed by atoms with Gasteiger partial charge >= 0.3 is 0 Å². The number of carbonyl (C=O) groups excluding carboxylic acids is 1. The molecular weight excluding hydrogens is 347 g/mol. The fourth-order valence-corrected chi connectivity index (χ4v) is 3.11. The van der Waals surface area contributed by atoms with Crippen LogP contribution >= 0.6 is 0 Å². The Hall–Kier alpha value is -2.51. The van der Waals surface area contributed by atoms with Crippen LogP contribution in [0.5, 0.6) is 0 Å². The normalized spacial score (nSPS) is 15.0. The van der Waals surface area contributed by atoms with E-state index in [-0.39, 0.29) is 17.8 Å². The molecule has 0 spiro atoms. The third-order valence-electron chi connectivity index (χ3n) is 4.56. The highest BCUT2D eigenvalue weighted by molar-refractivity contribution is 5.99. The largest absolute Gasteiger partial charge is 0.378 e. The summed E-state index contributed by atoms with van der Waals surface area (Å²) in [5.74, 6) is -0.00246. The Morgan fingerprint density at radius 2 is 2.11 bits per heavy atom. The first kappa shape index (κ1) is 19.3. The van der Waals surface area contributed by atoms with Gasteiger partial charge in [-0.1, -0.05) is 6.07 Å². The van der Waals surface area contributed by atoms with Crippen molar-refractivity contribution < 1.29 is 13.9 Å². The van der Waals surface area contributed by atoms with E-state index in [9.17, 15) is 9.18 Å². The summed E-state index contributed by atoms with van der Waals surface area (Å²) in [6, 6.07) is 9.55. The SMILES string of the molecule is NCCCOC1CCN(C(=O)c2cccnc2Nc2cccc(F)c2)CC1. The quantitative estimate of drug-likeness (QED) is 0.731. The number of likely N-dealkylation sites (tertiary alicyclic amines) is 1. The molecule has 1 aliphatic heterocycles. The average Bonchev–Trinajstić information content (AvgIpc) is 2.69. The van der Waals surface area contributed by atoms with Gasteiger partial charge in [0, 0.05) is 31.6 Å². The number of anilines is 2. The second kappa shape index (κ2) is 9.43. The van der Waals surface area contributed by atoms with Crippen LogP contribution in [0.1, 0.15) is 29.6 Å². The molecule has 0 radical (unpaired) electrons. The van der Waals surface area contributed by atoms with Gasteiger partial charge in [-0.3, -0.25) is 4.79 Å². The lowest BCUT2D eigenvalue weighted by atomic mass is 10.1. The summed E-state index contributed by atoms with van der Waals surface area (Å²) in [5.41, 5.74) is 6.51. The van der Waals surface area contributed by atoms with E-state index < -0.39 is 0 Å². The lowest BCUT2D eigenvalue weighted by Gasteiger charge is -2.32. The van der Waals surface area contributed by atoms with Gasteiger partial charge in [0.1, 0.15) is 11.6 Å². The number of hydrogen-bond donors (Lipinski definition) is 2. The number of halogens is 1. The van der Waals surface area contributed by atoms with Crippen LogP contribution in [0.25, 0.3) is 0 Å². The van der Waals surface area contributed by atoms with Crippen LogP contribution in [0.15, 0.2) is 42.6 Å². The van der Waals surface area contributed by atoms with E-state index in [1.807, 2.05) is 4.90 Å². The molecule has 27 heavy (non-hydrogen) atoms. The van der Waals surface area contributed by atoms with E-state index >= 15 is 0 Å². The predicted molar refractivity (Wildman–Crippen MR) is 102 cm³/mol. The summed E-state index contributed by atoms with van der Waals surface area (Å²) in [7, 11) is 0. The highest BCUT2D eigenvalue weighted by Crippen LogP contribution is 2.22. The number of amides is 1. The van der Waals surface area contributed by atoms with Crippen molar-refractivity contribution in [3.63, 3.8) is 0 Å². The Labute approximate surface area is 158 Å². The van der Waals surface area contributed by atoms with Crippen molar-refractivity contribution >= 4 is 17.4 Å². The standard InChI is InChI=1S/C20H25FN4O2/c21-15-4-1-5-16(14-15)24-19-18(6-2-10-23-19)20(26)25-11-7-17(8-12-25)27-13-3-9-22/h1-2,4-6,10,14,17H,3,7-9,11-13,22H2,(H,23,24). The van der Waals surface area contributed by atoms with Gasteiger partial charge in [0.15, 0.2) is 0 Å². The maximum Gasteiger partial charge on any atom is 0.257 e. The number of nitrogens with two attached hydrogens (primary N) is 1. The fourth-order valence-electron chi connectivity index (χ4n) is 3.11. The van der Waals surface area contributed by atoms with Gasteiger partial charge in [-0.25, -0.2) is 9.37 Å². The van der Waals surface area contributed by atoms with E-state index in [1.54, 1.807) is 30.5 Å². The molecule has 1 saturated heterocycles. The summed E-state index contributed by atoms with van der Waals surface area (Å²) in [5, 5.41) is 3.04. The molecule has 144 valence electrons. The zero-order chi connectivity index (χ0) is 19.1. The number of aromatic nitrogens is 1. The second-order valence-corrected chi connectivity index (χ2v) is 6.54. The van der Waals surface area contributed by atoms with E-state index in [2.05, 4.69) is 10.3 Å². The van der Waals surface area contributed by atoms with E-state index in [4.69, 9.17) is 10.5 Å². The number of nitrogens with one attached hydrogen (secondary N) is 1. The first-order chi connectivity index (χ1) is 13.2. The van der Waals surface area contributed by atoms with Crippen LogP contribution < -0.4 is 11.1 Å². The molecular formula is C20H25FN4O2. The maximum absolute atomic E-state index is 13.4. The molecule has 1 amide bonds. The molecule has 0 saturated carbocycles. The predicted octanol–water partition coefficient (Wildman–Crippen LogP) is 2.93. The van der Waals surface area contributed by atoms with Crippen LogP contribution in [0.3, 0.4) is 0 Å². The Bertz CT molecular complexity index is 763. The van der Waals surface area contributed by atoms with Gasteiger partial charge in [-0.05, 0) is 56.1 Å². The lowest BCUT2D eigenvalue weighted by molar-refractivity contribution is 0.00847. The maximum atomic E-state index is 13.4. The molecule has 0 unspecified atom stereocenters. The first-order valence-electron chi connectivity index (χ1n) is 9.26. The molecule has 0 bridgehead atoms. The zero-order valence-corrected chi connectivity index (χ0v) is 15.2. The van der Waals surface area contributed by atoms with Crippen LogP contribution in [-0.4, -0.2) is 48.1 Å². The molecule has 1 aromatic carbocycles. The molecule has 1 aromatic heterocycles. The third-order valence-corrected chi connectivity index (χ3v) is 4.56. The van der Waals surface area contributed by atoms with E-state index in [0.717, 1.165) is 19.3 Å². The molecule has 6 nitrogen and oxygen atoms in total. The molecule has 1 fully saturated rings. The number of piperidine rings is 1. The van der Waals surface area contributed by atoms with Crippen molar-refractivity contribution in [2.75, 3.05) is 31.6 Å². The number of pyridine rings is 1. The Morgan fingerprint density at radius 1 is 1.30 bits per heavy atom. The molecule has 1 aliphatic rings. The van der Waals surface area contributed by atoms with Gasteiger partial charge < -0.3 is 20.7 Å². The highest BCUT2D eigenvalue weighted by Gasteiger charge is 2.25. The Balaban J connectivity index is 1.64. The fraction of sp³-hybridized carbons (Fsp3) is 0.400. The summed E-state index contributed by atoms with van der Waals surface area (Å²) in [6.45, 7) is 2.57. The van der Waals surface area contributed by atoms with Crippen molar-refractivity contribution in [1.82, 2.24) is 9.88 Å². The van der Waals surface area contributed by atoms with Crippen molar-refractivity contribution in [3.8, 4) is 0 Å². The Kier molecular flexibility index (Phi) is 6.73. The molecule has 0 aliphatic carbocycles. The molecule has 3 N–H and O–H groups in total. The first-order valence-corrected chi connectivity index (χ1v) is 9.26. The minimum absolute atomic E-state index is 0.0811. The number of ether oxygens (including phenoxy) is 1. The number of hydrogen-bond acceptors (Lipinski definition) is 5. The smallest absolute Gasteiger partial charge is 0.257 e. The van der Waals surface area contributed by atoms with Crippen molar-refractivity contribution in [2.45, 2.75) is 25.4 Å². The van der Waals surface area contributed by atoms with Crippen molar-refractivity contribution in [2.24, 2.45) is 5.73 Å². The molecule has 0 atom stereocenters. The summed E-state index contributed by atoms with van der Waals surface area (Å²) >= 11 is 0. The molecule has 3 rings (SSSR count). The molecule has 2 heterocycles. The highest BCUT2D eigenvalue weighted by atomic mass is 19.1.